The molecule has 1 amide bonds. The molecular formula is C7H13N3OS. The number of rotatable bonds is 4. The Hall–Kier alpha value is -0.680. The Labute approximate surface area is 76.9 Å². The monoisotopic (exact) mass is 187 g/mol. The van der Waals surface area contributed by atoms with Crippen molar-refractivity contribution in [3.63, 3.8) is 0 Å². The highest BCUT2D eigenvalue weighted by Crippen LogP contribution is 2.03. The van der Waals surface area contributed by atoms with E-state index in [1.165, 1.54) is 0 Å². The molecule has 0 aromatic carbocycles. The maximum absolute atomic E-state index is 11.1. The van der Waals surface area contributed by atoms with E-state index in [-0.39, 0.29) is 11.9 Å². The first-order chi connectivity index (χ1) is 5.74. The SMILES string of the molecule is NCCCC[C@H]1NC(=S)NC1=O. The van der Waals surface area contributed by atoms with Gasteiger partial charge in [-0.15, -0.1) is 0 Å². The van der Waals surface area contributed by atoms with E-state index >= 15 is 0 Å². The van der Waals surface area contributed by atoms with Crippen molar-refractivity contribution < 1.29 is 4.79 Å². The molecule has 0 aromatic heterocycles. The van der Waals surface area contributed by atoms with Gasteiger partial charge in [-0.3, -0.25) is 4.79 Å². The molecule has 1 aliphatic heterocycles. The Balaban J connectivity index is 2.24. The normalized spacial score (nSPS) is 22.2. The zero-order chi connectivity index (χ0) is 8.97. The van der Waals surface area contributed by atoms with Gasteiger partial charge in [-0.25, -0.2) is 0 Å². The highest BCUT2D eigenvalue weighted by atomic mass is 32.1. The number of amides is 1. The van der Waals surface area contributed by atoms with Crippen LogP contribution in [-0.4, -0.2) is 23.6 Å². The molecule has 1 aliphatic rings. The van der Waals surface area contributed by atoms with Gasteiger partial charge < -0.3 is 16.4 Å². The lowest BCUT2D eigenvalue weighted by molar-refractivity contribution is -0.120. The summed E-state index contributed by atoms with van der Waals surface area (Å²) in [5.74, 6) is -0.0166. The van der Waals surface area contributed by atoms with E-state index in [4.69, 9.17) is 18.0 Å². The molecule has 68 valence electrons. The average Bonchev–Trinajstić information content (AvgIpc) is 2.31. The lowest BCUT2D eigenvalue weighted by Gasteiger charge is -2.05. The Kier molecular flexibility index (Phi) is 3.43. The van der Waals surface area contributed by atoms with Gasteiger partial charge in [-0.1, -0.05) is 0 Å². The van der Waals surface area contributed by atoms with Gasteiger partial charge in [0, 0.05) is 0 Å². The molecule has 4 nitrogen and oxygen atoms in total. The topological polar surface area (TPSA) is 67.2 Å². The highest BCUT2D eigenvalue weighted by molar-refractivity contribution is 7.80. The average molecular weight is 187 g/mol. The van der Waals surface area contributed by atoms with E-state index in [1.54, 1.807) is 0 Å². The Bertz CT molecular complexity index is 195. The summed E-state index contributed by atoms with van der Waals surface area (Å²) in [4.78, 5) is 11.1. The van der Waals surface area contributed by atoms with Gasteiger partial charge in [-0.05, 0) is 38.0 Å². The van der Waals surface area contributed by atoms with Gasteiger partial charge >= 0.3 is 0 Å². The maximum Gasteiger partial charge on any atom is 0.248 e. The molecule has 0 saturated carbocycles. The quantitative estimate of drug-likeness (QED) is 0.409. The van der Waals surface area contributed by atoms with Gasteiger partial charge in [0.2, 0.25) is 5.91 Å². The van der Waals surface area contributed by atoms with Crippen molar-refractivity contribution >= 4 is 23.2 Å². The largest absolute Gasteiger partial charge is 0.351 e. The van der Waals surface area contributed by atoms with Crippen molar-refractivity contribution in [1.82, 2.24) is 10.6 Å². The molecule has 1 fully saturated rings. The van der Waals surface area contributed by atoms with Crippen molar-refractivity contribution in [2.24, 2.45) is 5.73 Å². The molecule has 0 spiro atoms. The molecule has 12 heavy (non-hydrogen) atoms. The van der Waals surface area contributed by atoms with Gasteiger partial charge in [0.25, 0.3) is 0 Å². The minimum Gasteiger partial charge on any atom is -0.351 e. The summed E-state index contributed by atoms with van der Waals surface area (Å²) in [5.41, 5.74) is 5.33. The fourth-order valence-corrected chi connectivity index (χ4v) is 1.40. The second-order valence-electron chi connectivity index (χ2n) is 2.80. The zero-order valence-corrected chi connectivity index (χ0v) is 7.62. The summed E-state index contributed by atoms with van der Waals surface area (Å²) >= 11 is 4.78. The number of hydrogen-bond acceptors (Lipinski definition) is 3. The zero-order valence-electron chi connectivity index (χ0n) is 6.80. The Morgan fingerprint density at radius 3 is 2.75 bits per heavy atom. The van der Waals surface area contributed by atoms with Crippen molar-refractivity contribution in [1.29, 1.82) is 0 Å². The second kappa shape index (κ2) is 4.37. The van der Waals surface area contributed by atoms with Crippen LogP contribution in [0.25, 0.3) is 0 Å². The number of unbranched alkanes of at least 4 members (excludes halogenated alkanes) is 1. The molecular weight excluding hydrogens is 174 g/mol. The van der Waals surface area contributed by atoms with E-state index in [0.717, 1.165) is 19.3 Å². The van der Waals surface area contributed by atoms with Crippen LogP contribution >= 0.6 is 12.2 Å². The number of nitrogens with two attached hydrogens (primary N) is 1. The van der Waals surface area contributed by atoms with Crippen LogP contribution in [-0.2, 0) is 4.79 Å². The lowest BCUT2D eigenvalue weighted by Crippen LogP contribution is -2.28. The molecule has 0 aliphatic carbocycles. The first-order valence-corrected chi connectivity index (χ1v) is 4.46. The standard InChI is InChI=1S/C7H13N3OS/c8-4-2-1-3-5-6(11)10-7(12)9-5/h5H,1-4,8H2,(H2,9,10,11,12)/t5-/m1/s1. The van der Waals surface area contributed by atoms with E-state index in [1.807, 2.05) is 0 Å². The second-order valence-corrected chi connectivity index (χ2v) is 3.21. The summed E-state index contributed by atoms with van der Waals surface area (Å²) in [6.07, 6.45) is 2.73. The fourth-order valence-electron chi connectivity index (χ4n) is 1.15. The summed E-state index contributed by atoms with van der Waals surface area (Å²) in [5, 5.41) is 5.88. The fraction of sp³-hybridized carbons (Fsp3) is 0.714. The number of carbonyl (C=O) groups excluding carboxylic acids is 1. The van der Waals surface area contributed by atoms with Gasteiger partial charge in [-0.2, -0.15) is 0 Å². The summed E-state index contributed by atoms with van der Waals surface area (Å²) < 4.78 is 0. The summed E-state index contributed by atoms with van der Waals surface area (Å²) in [7, 11) is 0. The molecule has 0 aromatic rings. The van der Waals surface area contributed by atoms with Crippen LogP contribution in [0.5, 0.6) is 0 Å². The van der Waals surface area contributed by atoms with Crippen LogP contribution in [0.1, 0.15) is 19.3 Å². The van der Waals surface area contributed by atoms with Gasteiger partial charge in [0.05, 0.1) is 0 Å². The minimum atomic E-state index is -0.135. The van der Waals surface area contributed by atoms with Crippen molar-refractivity contribution in [3.8, 4) is 0 Å². The van der Waals surface area contributed by atoms with Crippen LogP contribution in [0.3, 0.4) is 0 Å². The lowest BCUT2D eigenvalue weighted by atomic mass is 10.1. The van der Waals surface area contributed by atoms with E-state index < -0.39 is 0 Å². The summed E-state index contributed by atoms with van der Waals surface area (Å²) in [6.45, 7) is 0.679. The third-order valence-corrected chi connectivity index (χ3v) is 2.03. The van der Waals surface area contributed by atoms with Crippen molar-refractivity contribution in [2.45, 2.75) is 25.3 Å². The molecule has 1 rings (SSSR count). The minimum absolute atomic E-state index is 0.0166. The number of carbonyl (C=O) groups is 1. The third-order valence-electron chi connectivity index (χ3n) is 1.81. The molecule has 4 N–H and O–H groups in total. The highest BCUT2D eigenvalue weighted by Gasteiger charge is 2.25. The van der Waals surface area contributed by atoms with E-state index in [2.05, 4.69) is 10.6 Å². The van der Waals surface area contributed by atoms with Crippen LogP contribution in [0.4, 0.5) is 0 Å². The predicted octanol–water partition coefficient (Wildman–Crippen LogP) is -0.512. The van der Waals surface area contributed by atoms with Crippen molar-refractivity contribution in [2.75, 3.05) is 6.54 Å². The third kappa shape index (κ3) is 2.42. The molecule has 1 heterocycles. The molecule has 0 bridgehead atoms. The number of hydrogen-bond donors (Lipinski definition) is 3. The predicted molar refractivity (Wildman–Crippen MR) is 50.6 cm³/mol. The molecule has 1 atom stereocenters. The Morgan fingerprint density at radius 1 is 1.50 bits per heavy atom. The van der Waals surface area contributed by atoms with E-state index in [9.17, 15) is 4.79 Å². The smallest absolute Gasteiger partial charge is 0.248 e. The summed E-state index contributed by atoms with van der Waals surface area (Å²) in [6, 6.07) is -0.135. The maximum atomic E-state index is 11.1. The molecule has 1 saturated heterocycles. The van der Waals surface area contributed by atoms with Crippen LogP contribution in [0.2, 0.25) is 0 Å². The first-order valence-electron chi connectivity index (χ1n) is 4.05. The van der Waals surface area contributed by atoms with E-state index in [0.29, 0.717) is 11.7 Å². The van der Waals surface area contributed by atoms with Crippen molar-refractivity contribution in [3.05, 3.63) is 0 Å². The van der Waals surface area contributed by atoms with Crippen LogP contribution in [0.15, 0.2) is 0 Å². The van der Waals surface area contributed by atoms with Gasteiger partial charge in [0.1, 0.15) is 6.04 Å². The molecule has 5 heteroatoms. The van der Waals surface area contributed by atoms with Gasteiger partial charge in [0.15, 0.2) is 5.11 Å². The molecule has 0 unspecified atom stereocenters. The Morgan fingerprint density at radius 2 is 2.25 bits per heavy atom. The molecule has 0 radical (unpaired) electrons. The van der Waals surface area contributed by atoms with Crippen LogP contribution < -0.4 is 16.4 Å². The first kappa shape index (κ1) is 9.41. The number of nitrogens with one attached hydrogen (secondary N) is 2. The van der Waals surface area contributed by atoms with Crippen LogP contribution in [0, 0.1) is 0 Å². The number of thiocarbonyl (C=S) groups is 1.